The van der Waals surface area contributed by atoms with Crippen LogP contribution in [0.3, 0.4) is 0 Å². The van der Waals surface area contributed by atoms with Crippen LogP contribution in [0, 0.1) is 11.7 Å². The standard InChI is InChI=1S/C17H27FN4O/c1-14(13-22-9-7-21(2)8-10-22)11-19-17(23)20-12-15-3-5-16(18)6-4-15/h3-6,14H,7-13H2,1-2H3,(H2,19,20,23)/t14-/m1/s1. The third-order valence-electron chi connectivity index (χ3n) is 4.14. The lowest BCUT2D eigenvalue weighted by Crippen LogP contribution is -2.47. The summed E-state index contributed by atoms with van der Waals surface area (Å²) in [5.41, 5.74) is 0.882. The summed E-state index contributed by atoms with van der Waals surface area (Å²) in [4.78, 5) is 16.6. The molecule has 0 aliphatic carbocycles. The van der Waals surface area contributed by atoms with Gasteiger partial charge in [-0.15, -0.1) is 0 Å². The Morgan fingerprint density at radius 1 is 1.17 bits per heavy atom. The highest BCUT2D eigenvalue weighted by molar-refractivity contribution is 5.73. The molecule has 1 heterocycles. The Morgan fingerprint density at radius 2 is 1.83 bits per heavy atom. The van der Waals surface area contributed by atoms with Crippen molar-refractivity contribution in [2.24, 2.45) is 5.92 Å². The van der Waals surface area contributed by atoms with Gasteiger partial charge < -0.3 is 20.4 Å². The van der Waals surface area contributed by atoms with Crippen molar-refractivity contribution in [3.05, 3.63) is 35.6 Å². The molecule has 1 atom stereocenters. The molecular weight excluding hydrogens is 295 g/mol. The Morgan fingerprint density at radius 3 is 2.48 bits per heavy atom. The molecule has 5 nitrogen and oxygen atoms in total. The van der Waals surface area contributed by atoms with Gasteiger partial charge in [-0.25, -0.2) is 9.18 Å². The van der Waals surface area contributed by atoms with Gasteiger partial charge >= 0.3 is 6.03 Å². The molecule has 0 unspecified atom stereocenters. The highest BCUT2D eigenvalue weighted by Crippen LogP contribution is 2.04. The van der Waals surface area contributed by atoms with Crippen molar-refractivity contribution in [1.29, 1.82) is 0 Å². The predicted molar refractivity (Wildman–Crippen MR) is 89.7 cm³/mol. The van der Waals surface area contributed by atoms with Gasteiger partial charge in [0.1, 0.15) is 5.82 Å². The van der Waals surface area contributed by atoms with Crippen LogP contribution in [0.1, 0.15) is 12.5 Å². The molecule has 23 heavy (non-hydrogen) atoms. The number of piperazine rings is 1. The first-order valence-electron chi connectivity index (χ1n) is 8.20. The first-order chi connectivity index (χ1) is 11.0. The monoisotopic (exact) mass is 322 g/mol. The summed E-state index contributed by atoms with van der Waals surface area (Å²) in [6.45, 7) is 8.62. The summed E-state index contributed by atoms with van der Waals surface area (Å²) in [7, 11) is 2.15. The van der Waals surface area contributed by atoms with Crippen molar-refractivity contribution in [2.75, 3.05) is 46.3 Å². The van der Waals surface area contributed by atoms with Gasteiger partial charge in [-0.05, 0) is 30.7 Å². The van der Waals surface area contributed by atoms with Crippen LogP contribution in [0.2, 0.25) is 0 Å². The van der Waals surface area contributed by atoms with Crippen molar-refractivity contribution in [2.45, 2.75) is 13.5 Å². The third-order valence-corrected chi connectivity index (χ3v) is 4.14. The molecule has 128 valence electrons. The number of halogens is 1. The van der Waals surface area contributed by atoms with Crippen LogP contribution in [0.15, 0.2) is 24.3 Å². The zero-order valence-electron chi connectivity index (χ0n) is 14.0. The van der Waals surface area contributed by atoms with Crippen molar-refractivity contribution in [3.63, 3.8) is 0 Å². The van der Waals surface area contributed by atoms with E-state index >= 15 is 0 Å². The molecule has 0 bridgehead atoms. The molecule has 0 radical (unpaired) electrons. The van der Waals surface area contributed by atoms with E-state index in [1.54, 1.807) is 12.1 Å². The van der Waals surface area contributed by atoms with Crippen LogP contribution < -0.4 is 10.6 Å². The van der Waals surface area contributed by atoms with Crippen LogP contribution in [0.25, 0.3) is 0 Å². The highest BCUT2D eigenvalue weighted by Gasteiger charge is 2.16. The summed E-state index contributed by atoms with van der Waals surface area (Å²) >= 11 is 0. The van der Waals surface area contributed by atoms with Crippen LogP contribution in [0.5, 0.6) is 0 Å². The predicted octanol–water partition coefficient (Wildman–Crippen LogP) is 1.51. The van der Waals surface area contributed by atoms with E-state index in [9.17, 15) is 9.18 Å². The van der Waals surface area contributed by atoms with E-state index in [2.05, 4.69) is 34.4 Å². The normalized spacial score (nSPS) is 17.7. The number of nitrogens with zero attached hydrogens (tertiary/aromatic N) is 2. The van der Waals surface area contributed by atoms with E-state index in [1.807, 2.05) is 0 Å². The second kappa shape index (κ2) is 8.84. The molecule has 1 fully saturated rings. The largest absolute Gasteiger partial charge is 0.338 e. The third kappa shape index (κ3) is 6.54. The number of nitrogens with one attached hydrogen (secondary N) is 2. The Balaban J connectivity index is 1.60. The maximum atomic E-state index is 12.8. The first kappa shape index (κ1) is 17.7. The van der Waals surface area contributed by atoms with E-state index in [4.69, 9.17) is 0 Å². The topological polar surface area (TPSA) is 47.6 Å². The zero-order valence-corrected chi connectivity index (χ0v) is 14.0. The molecular formula is C17H27FN4O. The number of hydrogen-bond donors (Lipinski definition) is 2. The lowest BCUT2D eigenvalue weighted by molar-refractivity contribution is 0.138. The molecule has 0 spiro atoms. The fourth-order valence-corrected chi connectivity index (χ4v) is 2.65. The molecule has 0 aromatic heterocycles. The van der Waals surface area contributed by atoms with Crippen LogP contribution >= 0.6 is 0 Å². The fraction of sp³-hybridized carbons (Fsp3) is 0.588. The summed E-state index contributed by atoms with van der Waals surface area (Å²) in [6.07, 6.45) is 0. The van der Waals surface area contributed by atoms with Crippen molar-refractivity contribution in [3.8, 4) is 0 Å². The second-order valence-electron chi connectivity index (χ2n) is 6.40. The molecule has 2 N–H and O–H groups in total. The summed E-state index contributed by atoms with van der Waals surface area (Å²) < 4.78 is 12.8. The second-order valence-corrected chi connectivity index (χ2v) is 6.40. The minimum Gasteiger partial charge on any atom is -0.338 e. The van der Waals surface area contributed by atoms with Gasteiger partial charge in [0.05, 0.1) is 0 Å². The first-order valence-corrected chi connectivity index (χ1v) is 8.20. The SMILES string of the molecule is C[C@H](CNC(=O)NCc1ccc(F)cc1)CN1CCN(C)CC1. The minimum absolute atomic E-state index is 0.181. The number of carbonyl (C=O) groups excluding carboxylic acids is 1. The maximum absolute atomic E-state index is 12.8. The van der Waals surface area contributed by atoms with Gasteiger partial charge in [-0.2, -0.15) is 0 Å². The molecule has 1 aromatic carbocycles. The summed E-state index contributed by atoms with van der Waals surface area (Å²) in [5.74, 6) is 0.144. The average Bonchev–Trinajstić information content (AvgIpc) is 2.54. The molecule has 2 rings (SSSR count). The van der Waals surface area contributed by atoms with E-state index in [1.165, 1.54) is 12.1 Å². The number of carbonyl (C=O) groups is 1. The number of amides is 2. The Labute approximate surface area is 137 Å². The highest BCUT2D eigenvalue weighted by atomic mass is 19.1. The van der Waals surface area contributed by atoms with E-state index in [0.717, 1.165) is 38.3 Å². The number of rotatable bonds is 6. The van der Waals surface area contributed by atoms with Crippen LogP contribution in [0.4, 0.5) is 9.18 Å². The molecule has 1 saturated heterocycles. The average molecular weight is 322 g/mol. The van der Waals surface area contributed by atoms with Crippen LogP contribution in [-0.4, -0.2) is 62.1 Å². The van der Waals surface area contributed by atoms with Gasteiger partial charge in [-0.3, -0.25) is 0 Å². The smallest absolute Gasteiger partial charge is 0.315 e. The maximum Gasteiger partial charge on any atom is 0.315 e. The molecule has 2 amide bonds. The molecule has 1 aliphatic heterocycles. The van der Waals surface area contributed by atoms with Crippen LogP contribution in [-0.2, 0) is 6.54 Å². The van der Waals surface area contributed by atoms with E-state index < -0.39 is 0 Å². The van der Waals surface area contributed by atoms with Crippen molar-refractivity contribution < 1.29 is 9.18 Å². The minimum atomic E-state index is -0.268. The van der Waals surface area contributed by atoms with E-state index in [-0.39, 0.29) is 11.8 Å². The quantitative estimate of drug-likeness (QED) is 0.835. The lowest BCUT2D eigenvalue weighted by atomic mass is 10.1. The number of urea groups is 1. The van der Waals surface area contributed by atoms with Gasteiger partial charge in [0.2, 0.25) is 0 Å². The molecule has 6 heteroatoms. The van der Waals surface area contributed by atoms with Crippen molar-refractivity contribution >= 4 is 6.03 Å². The van der Waals surface area contributed by atoms with Gasteiger partial charge in [0, 0.05) is 45.8 Å². The lowest BCUT2D eigenvalue weighted by Gasteiger charge is -2.33. The molecule has 1 aliphatic rings. The number of likely N-dealkylation sites (N-methyl/N-ethyl adjacent to an activating group) is 1. The molecule has 0 saturated carbocycles. The van der Waals surface area contributed by atoms with E-state index in [0.29, 0.717) is 19.0 Å². The zero-order chi connectivity index (χ0) is 16.7. The van der Waals surface area contributed by atoms with Gasteiger partial charge in [0.25, 0.3) is 0 Å². The molecule has 1 aromatic rings. The van der Waals surface area contributed by atoms with Crippen molar-refractivity contribution in [1.82, 2.24) is 20.4 Å². The fourth-order valence-electron chi connectivity index (χ4n) is 2.65. The summed E-state index contributed by atoms with van der Waals surface area (Å²) in [5, 5.41) is 5.69. The Kier molecular flexibility index (Phi) is 6.80. The number of benzene rings is 1. The van der Waals surface area contributed by atoms with Gasteiger partial charge in [-0.1, -0.05) is 19.1 Å². The van der Waals surface area contributed by atoms with Gasteiger partial charge in [0.15, 0.2) is 0 Å². The Bertz CT molecular complexity index is 486. The number of hydrogen-bond acceptors (Lipinski definition) is 3. The summed E-state index contributed by atoms with van der Waals surface area (Å²) in [6, 6.07) is 5.96. The Hall–Kier alpha value is -1.66.